The summed E-state index contributed by atoms with van der Waals surface area (Å²) in [5, 5.41) is 8.09. The van der Waals surface area contributed by atoms with Gasteiger partial charge in [0, 0.05) is 24.8 Å². The van der Waals surface area contributed by atoms with Gasteiger partial charge in [-0.3, -0.25) is 4.68 Å². The molecule has 1 N–H and O–H groups in total. The number of nitrogens with zero attached hydrogens (tertiary/aromatic N) is 2. The Morgan fingerprint density at radius 1 is 1.41 bits per heavy atom. The van der Waals surface area contributed by atoms with E-state index in [1.807, 2.05) is 11.7 Å². The Bertz CT molecular complexity index is 350. The molecule has 17 heavy (non-hydrogen) atoms. The van der Waals surface area contributed by atoms with Crippen LogP contribution in [0, 0.1) is 5.92 Å². The first kappa shape index (κ1) is 12.6. The van der Waals surface area contributed by atoms with E-state index in [1.54, 1.807) is 0 Å². The quantitative estimate of drug-likeness (QED) is 0.869. The van der Waals surface area contributed by atoms with Gasteiger partial charge in [-0.05, 0) is 32.2 Å². The van der Waals surface area contributed by atoms with Crippen molar-refractivity contribution >= 4 is 0 Å². The molecule has 3 nitrogen and oxygen atoms in total. The van der Waals surface area contributed by atoms with Crippen LogP contribution in [-0.4, -0.2) is 16.8 Å². The van der Waals surface area contributed by atoms with Crippen molar-refractivity contribution in [3.05, 3.63) is 17.5 Å². The number of aryl methyl sites for hydroxylation is 2. The van der Waals surface area contributed by atoms with E-state index in [0.717, 1.165) is 12.3 Å². The molecule has 0 bridgehead atoms. The SMILES string of the molecule is CCc1nn(C)cc1C(NC)C1CCCCC1. The first-order valence-corrected chi connectivity index (χ1v) is 6.96. The Morgan fingerprint density at radius 2 is 2.12 bits per heavy atom. The van der Waals surface area contributed by atoms with Gasteiger partial charge < -0.3 is 5.32 Å². The Kier molecular flexibility index (Phi) is 4.21. The van der Waals surface area contributed by atoms with E-state index < -0.39 is 0 Å². The van der Waals surface area contributed by atoms with Gasteiger partial charge in [-0.1, -0.05) is 26.2 Å². The Morgan fingerprint density at radius 3 is 2.71 bits per heavy atom. The molecule has 0 aliphatic heterocycles. The summed E-state index contributed by atoms with van der Waals surface area (Å²) in [7, 11) is 4.11. The number of nitrogens with one attached hydrogen (secondary N) is 1. The predicted molar refractivity (Wildman–Crippen MR) is 71.0 cm³/mol. The zero-order valence-electron chi connectivity index (χ0n) is 11.4. The number of hydrogen-bond donors (Lipinski definition) is 1. The monoisotopic (exact) mass is 235 g/mol. The van der Waals surface area contributed by atoms with Gasteiger partial charge in [0.05, 0.1) is 5.69 Å². The third-order valence-electron chi connectivity index (χ3n) is 4.04. The minimum absolute atomic E-state index is 0.499. The number of aromatic nitrogens is 2. The highest BCUT2D eigenvalue weighted by Crippen LogP contribution is 2.35. The average molecular weight is 235 g/mol. The molecule has 1 unspecified atom stereocenters. The fourth-order valence-electron chi connectivity index (χ4n) is 3.20. The van der Waals surface area contributed by atoms with Crippen LogP contribution in [0.2, 0.25) is 0 Å². The van der Waals surface area contributed by atoms with E-state index in [0.29, 0.717) is 6.04 Å². The second kappa shape index (κ2) is 5.67. The molecule has 1 aromatic rings. The van der Waals surface area contributed by atoms with Crippen LogP contribution >= 0.6 is 0 Å². The largest absolute Gasteiger partial charge is 0.313 e. The molecule has 3 heteroatoms. The molecule has 1 aliphatic carbocycles. The van der Waals surface area contributed by atoms with Crippen molar-refractivity contribution < 1.29 is 0 Å². The van der Waals surface area contributed by atoms with Gasteiger partial charge in [-0.25, -0.2) is 0 Å². The highest BCUT2D eigenvalue weighted by Gasteiger charge is 2.26. The molecular weight excluding hydrogens is 210 g/mol. The zero-order valence-corrected chi connectivity index (χ0v) is 11.4. The molecule has 0 aromatic carbocycles. The molecule has 0 saturated heterocycles. The summed E-state index contributed by atoms with van der Waals surface area (Å²) in [5.74, 6) is 0.795. The van der Waals surface area contributed by atoms with E-state index in [2.05, 4.69) is 30.6 Å². The first-order valence-electron chi connectivity index (χ1n) is 6.96. The lowest BCUT2D eigenvalue weighted by Gasteiger charge is -2.30. The zero-order chi connectivity index (χ0) is 12.3. The molecular formula is C14H25N3. The van der Waals surface area contributed by atoms with Crippen LogP contribution in [0.25, 0.3) is 0 Å². The fraction of sp³-hybridized carbons (Fsp3) is 0.786. The molecule has 96 valence electrons. The van der Waals surface area contributed by atoms with Gasteiger partial charge in [0.25, 0.3) is 0 Å². The molecule has 0 radical (unpaired) electrons. The van der Waals surface area contributed by atoms with E-state index in [9.17, 15) is 0 Å². The summed E-state index contributed by atoms with van der Waals surface area (Å²) in [4.78, 5) is 0. The topological polar surface area (TPSA) is 29.9 Å². The van der Waals surface area contributed by atoms with Crippen molar-refractivity contribution in [2.45, 2.75) is 51.5 Å². The molecule has 1 aliphatic rings. The molecule has 0 spiro atoms. The van der Waals surface area contributed by atoms with Crippen LogP contribution in [0.3, 0.4) is 0 Å². The summed E-state index contributed by atoms with van der Waals surface area (Å²) >= 11 is 0. The smallest absolute Gasteiger partial charge is 0.0669 e. The van der Waals surface area contributed by atoms with Crippen molar-refractivity contribution in [2.24, 2.45) is 13.0 Å². The highest BCUT2D eigenvalue weighted by atomic mass is 15.3. The summed E-state index contributed by atoms with van der Waals surface area (Å²) < 4.78 is 1.96. The van der Waals surface area contributed by atoms with Gasteiger partial charge in [0.1, 0.15) is 0 Å². The van der Waals surface area contributed by atoms with Gasteiger partial charge in [-0.15, -0.1) is 0 Å². The van der Waals surface area contributed by atoms with Crippen LogP contribution in [-0.2, 0) is 13.5 Å². The predicted octanol–water partition coefficient (Wildman–Crippen LogP) is 2.82. The number of hydrogen-bond acceptors (Lipinski definition) is 2. The van der Waals surface area contributed by atoms with E-state index >= 15 is 0 Å². The van der Waals surface area contributed by atoms with Crippen molar-refractivity contribution in [1.82, 2.24) is 15.1 Å². The van der Waals surface area contributed by atoms with E-state index in [1.165, 1.54) is 43.4 Å². The Balaban J connectivity index is 2.20. The summed E-state index contributed by atoms with van der Waals surface area (Å²) in [6.07, 6.45) is 10.2. The minimum atomic E-state index is 0.499. The fourth-order valence-corrected chi connectivity index (χ4v) is 3.20. The third-order valence-corrected chi connectivity index (χ3v) is 4.04. The van der Waals surface area contributed by atoms with Crippen LogP contribution in [0.15, 0.2) is 6.20 Å². The summed E-state index contributed by atoms with van der Waals surface area (Å²) in [5.41, 5.74) is 2.68. The average Bonchev–Trinajstić information content (AvgIpc) is 2.73. The van der Waals surface area contributed by atoms with Crippen LogP contribution in [0.4, 0.5) is 0 Å². The van der Waals surface area contributed by atoms with Gasteiger partial charge in [-0.2, -0.15) is 5.10 Å². The number of rotatable bonds is 4. The molecule has 0 amide bonds. The maximum atomic E-state index is 4.57. The third kappa shape index (κ3) is 2.71. The van der Waals surface area contributed by atoms with Crippen molar-refractivity contribution in [3.8, 4) is 0 Å². The van der Waals surface area contributed by atoms with E-state index in [4.69, 9.17) is 0 Å². The Labute approximate surface area is 105 Å². The van der Waals surface area contributed by atoms with E-state index in [-0.39, 0.29) is 0 Å². The molecule has 1 aromatic heterocycles. The summed E-state index contributed by atoms with van der Waals surface area (Å²) in [6, 6.07) is 0.499. The van der Waals surface area contributed by atoms with Gasteiger partial charge in [0.2, 0.25) is 0 Å². The van der Waals surface area contributed by atoms with Gasteiger partial charge in [0.15, 0.2) is 0 Å². The van der Waals surface area contributed by atoms with Crippen LogP contribution in [0.5, 0.6) is 0 Å². The molecule has 1 fully saturated rings. The minimum Gasteiger partial charge on any atom is -0.313 e. The second-order valence-electron chi connectivity index (χ2n) is 5.22. The lowest BCUT2D eigenvalue weighted by Crippen LogP contribution is -2.27. The Hall–Kier alpha value is -0.830. The maximum absolute atomic E-state index is 4.57. The maximum Gasteiger partial charge on any atom is 0.0669 e. The molecule has 1 heterocycles. The lowest BCUT2D eigenvalue weighted by atomic mass is 9.81. The summed E-state index contributed by atoms with van der Waals surface area (Å²) in [6.45, 7) is 2.19. The molecule has 1 atom stereocenters. The second-order valence-corrected chi connectivity index (χ2v) is 5.22. The normalized spacial score (nSPS) is 19.5. The van der Waals surface area contributed by atoms with Crippen molar-refractivity contribution in [3.63, 3.8) is 0 Å². The molecule has 1 saturated carbocycles. The van der Waals surface area contributed by atoms with Crippen molar-refractivity contribution in [1.29, 1.82) is 0 Å². The van der Waals surface area contributed by atoms with Crippen molar-refractivity contribution in [2.75, 3.05) is 7.05 Å². The lowest BCUT2D eigenvalue weighted by molar-refractivity contribution is 0.281. The highest BCUT2D eigenvalue weighted by molar-refractivity contribution is 5.22. The molecule has 2 rings (SSSR count). The van der Waals surface area contributed by atoms with Crippen LogP contribution in [0.1, 0.15) is 56.3 Å². The first-order chi connectivity index (χ1) is 8.26. The van der Waals surface area contributed by atoms with Crippen LogP contribution < -0.4 is 5.32 Å². The van der Waals surface area contributed by atoms with Gasteiger partial charge >= 0.3 is 0 Å². The standard InChI is InChI=1S/C14H25N3/c1-4-13-12(10-17(3)16-13)14(15-2)11-8-6-5-7-9-11/h10-11,14-15H,4-9H2,1-3H3.